The van der Waals surface area contributed by atoms with Gasteiger partial charge >= 0.3 is 17.9 Å². The summed E-state index contributed by atoms with van der Waals surface area (Å²) in [6.45, 7) is 11.8. The Hall–Kier alpha value is -3.22. The number of hydrogen-bond acceptors (Lipinski definition) is 7. The highest BCUT2D eigenvalue weighted by Crippen LogP contribution is 2.42. The molecule has 0 aliphatic carbocycles. The summed E-state index contributed by atoms with van der Waals surface area (Å²) in [6, 6.07) is 7.45. The van der Waals surface area contributed by atoms with Crippen LogP contribution in [-0.4, -0.2) is 43.4 Å². The van der Waals surface area contributed by atoms with E-state index in [1.165, 1.54) is 0 Å². The maximum atomic E-state index is 13.1. The van der Waals surface area contributed by atoms with Crippen molar-refractivity contribution in [3.63, 3.8) is 0 Å². The topological polar surface area (TPSA) is 91.3 Å². The van der Waals surface area contributed by atoms with Crippen molar-refractivity contribution in [3.05, 3.63) is 52.2 Å². The molecule has 0 fully saturated rings. The molecule has 1 aromatic rings. The van der Waals surface area contributed by atoms with E-state index in [0.717, 1.165) is 30.4 Å². The molecule has 1 heterocycles. The maximum Gasteiger partial charge on any atom is 0.336 e. The lowest BCUT2D eigenvalue weighted by Crippen LogP contribution is -2.37. The smallest absolute Gasteiger partial charge is 0.336 e. The first-order valence-corrected chi connectivity index (χ1v) is 12.9. The van der Waals surface area contributed by atoms with Crippen LogP contribution in [0.15, 0.2) is 46.1 Å². The Morgan fingerprint density at radius 1 is 0.944 bits per heavy atom. The molecule has 0 radical (unpaired) electrons. The number of benzene rings is 1. The largest absolute Gasteiger partial charge is 0.465 e. The highest BCUT2D eigenvalue weighted by Gasteiger charge is 2.43. The van der Waals surface area contributed by atoms with Crippen LogP contribution in [-0.2, 0) is 28.6 Å². The van der Waals surface area contributed by atoms with Crippen molar-refractivity contribution < 1.29 is 28.6 Å². The third-order valence-electron chi connectivity index (χ3n) is 6.15. The first-order chi connectivity index (χ1) is 17.3. The van der Waals surface area contributed by atoms with E-state index >= 15 is 0 Å². The Morgan fingerprint density at radius 3 is 2.28 bits per heavy atom. The van der Waals surface area contributed by atoms with Crippen molar-refractivity contribution in [2.45, 2.75) is 73.1 Å². The molecule has 1 aromatic carbocycles. The number of allylic oxidation sites excluding steroid dienone is 1. The number of hydrogen-bond donors (Lipinski definition) is 0. The van der Waals surface area contributed by atoms with Crippen molar-refractivity contribution in [3.8, 4) is 0 Å². The van der Waals surface area contributed by atoms with E-state index in [0.29, 0.717) is 35.6 Å². The van der Waals surface area contributed by atoms with Crippen LogP contribution in [0, 0.1) is 5.92 Å². The van der Waals surface area contributed by atoms with Gasteiger partial charge in [0.15, 0.2) is 0 Å². The lowest BCUT2D eigenvalue weighted by molar-refractivity contribution is -0.146. The van der Waals surface area contributed by atoms with E-state index in [-0.39, 0.29) is 19.2 Å². The fourth-order valence-corrected chi connectivity index (χ4v) is 4.41. The quantitative estimate of drug-likeness (QED) is 0.157. The molecule has 7 heteroatoms. The second-order valence-electron chi connectivity index (χ2n) is 8.68. The number of rotatable bonds is 12. The van der Waals surface area contributed by atoms with Crippen LogP contribution < -0.4 is 0 Å². The zero-order chi connectivity index (χ0) is 26.7. The molecular weight excluding hydrogens is 458 g/mol. The summed E-state index contributed by atoms with van der Waals surface area (Å²) in [5, 5.41) is 0. The summed E-state index contributed by atoms with van der Waals surface area (Å²) < 4.78 is 16.2. The van der Waals surface area contributed by atoms with Gasteiger partial charge in [-0.3, -0.25) is 9.79 Å². The third kappa shape index (κ3) is 7.15. The monoisotopic (exact) mass is 497 g/mol. The summed E-state index contributed by atoms with van der Waals surface area (Å²) in [5.41, 5.74) is 3.35. The molecule has 0 aromatic heterocycles. The van der Waals surface area contributed by atoms with Crippen LogP contribution in [0.5, 0.6) is 0 Å². The van der Waals surface area contributed by atoms with Gasteiger partial charge in [-0.05, 0) is 57.7 Å². The van der Waals surface area contributed by atoms with Crippen LogP contribution in [0.4, 0.5) is 0 Å². The number of esters is 3. The van der Waals surface area contributed by atoms with Crippen molar-refractivity contribution in [1.82, 2.24) is 0 Å². The predicted octanol–water partition coefficient (Wildman–Crippen LogP) is 5.79. The summed E-state index contributed by atoms with van der Waals surface area (Å²) in [5.74, 6) is -2.80. The van der Waals surface area contributed by atoms with Crippen molar-refractivity contribution in [2.24, 2.45) is 10.9 Å². The zero-order valence-corrected chi connectivity index (χ0v) is 22.4. The van der Waals surface area contributed by atoms with Crippen LogP contribution in [0.2, 0.25) is 0 Å². The predicted molar refractivity (Wildman–Crippen MR) is 140 cm³/mol. The lowest BCUT2D eigenvalue weighted by atomic mass is 9.74. The summed E-state index contributed by atoms with van der Waals surface area (Å²) in [6.07, 6.45) is 5.14. The molecular formula is C29H39NO6. The van der Waals surface area contributed by atoms with Gasteiger partial charge in [-0.1, -0.05) is 51.0 Å². The second kappa shape index (κ2) is 14.4. The SMILES string of the molecule is CCCCCOC(=O)C(=Cc1ccccc1C1C(C(=O)OCC)=C(C)N=C(C)C1C(=O)OCC)CC. The third-order valence-corrected chi connectivity index (χ3v) is 6.15. The Kier molecular flexibility index (Phi) is 11.6. The van der Waals surface area contributed by atoms with Gasteiger partial charge in [-0.2, -0.15) is 0 Å². The number of unbranched alkanes of at least 4 members (excludes halogenated alkanes) is 2. The van der Waals surface area contributed by atoms with Gasteiger partial charge in [-0.15, -0.1) is 0 Å². The molecule has 1 aliphatic rings. The molecule has 0 N–H and O–H groups in total. The van der Waals surface area contributed by atoms with E-state index in [9.17, 15) is 14.4 Å². The summed E-state index contributed by atoms with van der Waals surface area (Å²) in [7, 11) is 0. The van der Waals surface area contributed by atoms with Crippen LogP contribution >= 0.6 is 0 Å². The molecule has 2 atom stereocenters. The summed E-state index contributed by atoms with van der Waals surface area (Å²) in [4.78, 5) is 43.5. The van der Waals surface area contributed by atoms with Gasteiger partial charge in [0.1, 0.15) is 5.92 Å². The fraction of sp³-hybridized carbons (Fsp3) is 0.517. The average Bonchev–Trinajstić information content (AvgIpc) is 2.85. The van der Waals surface area contributed by atoms with Crippen LogP contribution in [0.1, 0.15) is 84.3 Å². The average molecular weight is 498 g/mol. The van der Waals surface area contributed by atoms with Gasteiger partial charge in [0.2, 0.25) is 0 Å². The number of aliphatic imine (C=N–C) groups is 1. The molecule has 1 aliphatic heterocycles. The van der Waals surface area contributed by atoms with E-state index in [2.05, 4.69) is 11.9 Å². The van der Waals surface area contributed by atoms with Gasteiger partial charge < -0.3 is 14.2 Å². The number of carbonyl (C=O) groups excluding carboxylic acids is 3. The molecule has 196 valence electrons. The fourth-order valence-electron chi connectivity index (χ4n) is 4.41. The highest BCUT2D eigenvalue weighted by molar-refractivity contribution is 6.07. The first-order valence-electron chi connectivity index (χ1n) is 12.9. The first kappa shape index (κ1) is 29.0. The molecule has 2 rings (SSSR count). The number of carbonyl (C=O) groups is 3. The molecule has 36 heavy (non-hydrogen) atoms. The molecule has 2 unspecified atom stereocenters. The van der Waals surface area contributed by atoms with Crippen molar-refractivity contribution in [2.75, 3.05) is 19.8 Å². The molecule has 0 spiro atoms. The Morgan fingerprint density at radius 2 is 1.64 bits per heavy atom. The number of ether oxygens (including phenoxy) is 3. The highest BCUT2D eigenvalue weighted by atomic mass is 16.5. The minimum absolute atomic E-state index is 0.195. The minimum atomic E-state index is -0.798. The van der Waals surface area contributed by atoms with E-state index in [1.807, 2.05) is 31.2 Å². The number of nitrogens with zero attached hydrogens (tertiary/aromatic N) is 1. The van der Waals surface area contributed by atoms with Gasteiger partial charge in [0, 0.05) is 22.9 Å². The normalized spacial score (nSPS) is 17.9. The Balaban J connectivity index is 2.62. The maximum absolute atomic E-state index is 13.1. The lowest BCUT2D eigenvalue weighted by Gasteiger charge is -2.32. The molecule has 0 saturated heterocycles. The molecule has 0 amide bonds. The summed E-state index contributed by atoms with van der Waals surface area (Å²) >= 11 is 0. The minimum Gasteiger partial charge on any atom is -0.465 e. The van der Waals surface area contributed by atoms with Gasteiger partial charge in [0.25, 0.3) is 0 Å². The van der Waals surface area contributed by atoms with E-state index < -0.39 is 23.8 Å². The Bertz CT molecular complexity index is 1040. The standard InChI is InChI=1S/C29H39NO6/c1-7-11-14-17-36-27(31)21(8-2)18-22-15-12-13-16-23(22)26-24(28(32)34-9-3)19(5)30-20(6)25(26)29(33)35-10-4/h12-13,15-16,18,24,26H,7-11,14,17H2,1-6H3. The van der Waals surface area contributed by atoms with Gasteiger partial charge in [0.05, 0.1) is 25.4 Å². The zero-order valence-electron chi connectivity index (χ0n) is 22.4. The van der Waals surface area contributed by atoms with Gasteiger partial charge in [-0.25, -0.2) is 9.59 Å². The Labute approximate surface area is 214 Å². The van der Waals surface area contributed by atoms with Crippen molar-refractivity contribution in [1.29, 1.82) is 0 Å². The van der Waals surface area contributed by atoms with Crippen LogP contribution in [0.25, 0.3) is 6.08 Å². The molecule has 0 saturated carbocycles. The van der Waals surface area contributed by atoms with E-state index in [4.69, 9.17) is 14.2 Å². The van der Waals surface area contributed by atoms with Crippen molar-refractivity contribution >= 4 is 29.7 Å². The van der Waals surface area contributed by atoms with E-state index in [1.54, 1.807) is 33.8 Å². The second-order valence-corrected chi connectivity index (χ2v) is 8.68. The molecule has 7 nitrogen and oxygen atoms in total. The van der Waals surface area contributed by atoms with Crippen LogP contribution in [0.3, 0.4) is 0 Å². The molecule has 0 bridgehead atoms.